The number of hydrogen-bond acceptors (Lipinski definition) is 7. The molecule has 0 aromatic carbocycles. The highest BCUT2D eigenvalue weighted by Crippen LogP contribution is 2.29. The molecule has 7 nitrogen and oxygen atoms in total. The minimum Gasteiger partial charge on any atom is -0.301 e. The second-order valence-electron chi connectivity index (χ2n) is 3.88. The summed E-state index contributed by atoms with van der Waals surface area (Å²) in [7, 11) is 0. The van der Waals surface area contributed by atoms with Crippen LogP contribution in [0, 0.1) is 0 Å². The zero-order chi connectivity index (χ0) is 14.5. The van der Waals surface area contributed by atoms with Crippen molar-refractivity contribution in [3.63, 3.8) is 0 Å². The molecule has 0 aliphatic heterocycles. The van der Waals surface area contributed by atoms with E-state index < -0.39 is 0 Å². The molecule has 0 aliphatic rings. The monoisotopic (exact) mass is 312 g/mol. The number of nitrogen functional groups attached to an aromatic ring is 1. The zero-order valence-electron chi connectivity index (χ0n) is 10.7. The lowest BCUT2D eigenvalue weighted by Gasteiger charge is -2.05. The van der Waals surface area contributed by atoms with Crippen molar-refractivity contribution in [3.05, 3.63) is 33.3 Å². The van der Waals surface area contributed by atoms with Crippen molar-refractivity contribution in [2.45, 2.75) is 29.9 Å². The van der Waals surface area contributed by atoms with Crippen LogP contribution >= 0.6 is 23.4 Å². The SMILES string of the molecule is CCCc1cc(=O)[nH]c(Sc2nc(NN)ncc2Cl)n1. The van der Waals surface area contributed by atoms with Crippen molar-refractivity contribution >= 4 is 29.3 Å². The van der Waals surface area contributed by atoms with E-state index in [1.165, 1.54) is 12.3 Å². The first-order valence-corrected chi connectivity index (χ1v) is 7.09. The van der Waals surface area contributed by atoms with Crippen LogP contribution in [0.15, 0.2) is 27.2 Å². The van der Waals surface area contributed by atoms with Crippen molar-refractivity contribution in [3.8, 4) is 0 Å². The van der Waals surface area contributed by atoms with Gasteiger partial charge >= 0.3 is 0 Å². The van der Waals surface area contributed by atoms with Crippen molar-refractivity contribution in [1.29, 1.82) is 0 Å². The molecule has 2 aromatic rings. The lowest BCUT2D eigenvalue weighted by Crippen LogP contribution is -2.11. The molecule has 0 spiro atoms. The van der Waals surface area contributed by atoms with Gasteiger partial charge in [0.2, 0.25) is 5.95 Å². The summed E-state index contributed by atoms with van der Waals surface area (Å²) in [6.07, 6.45) is 3.08. The molecule has 0 saturated heterocycles. The highest BCUT2D eigenvalue weighted by Gasteiger charge is 2.10. The Hall–Kier alpha value is -1.64. The van der Waals surface area contributed by atoms with Crippen LogP contribution in [0.25, 0.3) is 0 Å². The Morgan fingerprint density at radius 1 is 1.50 bits per heavy atom. The third-order valence-corrected chi connectivity index (χ3v) is 3.59. The molecule has 2 aromatic heterocycles. The standard InChI is InChI=1S/C11H13ClN6OS/c1-2-3-6-4-8(19)16-11(15-6)20-9-7(12)5-14-10(17-9)18-13/h4-5H,2-3,13H2,1H3,(H,14,17,18)(H,15,16,19). The molecule has 9 heteroatoms. The molecule has 106 valence electrons. The minimum absolute atomic E-state index is 0.201. The highest BCUT2D eigenvalue weighted by molar-refractivity contribution is 7.99. The van der Waals surface area contributed by atoms with E-state index in [0.717, 1.165) is 30.3 Å². The molecule has 4 N–H and O–H groups in total. The van der Waals surface area contributed by atoms with Gasteiger partial charge in [0.1, 0.15) is 5.03 Å². The summed E-state index contributed by atoms with van der Waals surface area (Å²) >= 11 is 7.16. The molecular weight excluding hydrogens is 300 g/mol. The van der Waals surface area contributed by atoms with Crippen molar-refractivity contribution in [2.75, 3.05) is 5.43 Å². The van der Waals surface area contributed by atoms with Gasteiger partial charge in [0.05, 0.1) is 11.2 Å². The summed E-state index contributed by atoms with van der Waals surface area (Å²) in [4.78, 5) is 26.6. The molecule has 0 atom stereocenters. The van der Waals surface area contributed by atoms with E-state index in [2.05, 4.69) is 25.4 Å². The van der Waals surface area contributed by atoms with Crippen LogP contribution in [-0.4, -0.2) is 19.9 Å². The van der Waals surface area contributed by atoms with E-state index in [9.17, 15) is 4.79 Å². The normalized spacial score (nSPS) is 10.6. The van der Waals surface area contributed by atoms with Crippen LogP contribution in [-0.2, 0) is 6.42 Å². The number of hydrogen-bond donors (Lipinski definition) is 3. The van der Waals surface area contributed by atoms with Crippen LogP contribution in [0.3, 0.4) is 0 Å². The van der Waals surface area contributed by atoms with Gasteiger partial charge in [-0.2, -0.15) is 0 Å². The lowest BCUT2D eigenvalue weighted by molar-refractivity contribution is 0.815. The fourth-order valence-electron chi connectivity index (χ4n) is 1.50. The Kier molecular flexibility index (Phi) is 4.94. The fraction of sp³-hybridized carbons (Fsp3) is 0.273. The summed E-state index contributed by atoms with van der Waals surface area (Å²) in [5, 5.41) is 1.26. The van der Waals surface area contributed by atoms with Gasteiger partial charge in [-0.3, -0.25) is 10.2 Å². The lowest BCUT2D eigenvalue weighted by atomic mass is 10.2. The van der Waals surface area contributed by atoms with Crippen LogP contribution in [0.5, 0.6) is 0 Å². The number of nitrogens with two attached hydrogens (primary N) is 1. The Morgan fingerprint density at radius 2 is 2.30 bits per heavy atom. The molecule has 0 aliphatic carbocycles. The van der Waals surface area contributed by atoms with Gasteiger partial charge in [-0.15, -0.1) is 0 Å². The molecule has 0 bridgehead atoms. The third kappa shape index (κ3) is 3.69. The fourth-order valence-corrected chi connectivity index (χ4v) is 2.49. The van der Waals surface area contributed by atoms with Gasteiger partial charge < -0.3 is 4.98 Å². The number of rotatable bonds is 5. The van der Waals surface area contributed by atoms with Crippen LogP contribution < -0.4 is 16.8 Å². The molecule has 0 saturated carbocycles. The van der Waals surface area contributed by atoms with Crippen molar-refractivity contribution in [2.24, 2.45) is 5.84 Å². The number of hydrazine groups is 1. The quantitative estimate of drug-likeness (QED) is 0.333. The largest absolute Gasteiger partial charge is 0.301 e. The smallest absolute Gasteiger partial charge is 0.251 e. The molecule has 0 fully saturated rings. The summed E-state index contributed by atoms with van der Waals surface area (Å²) in [5.74, 6) is 5.49. The first-order valence-electron chi connectivity index (χ1n) is 5.89. The van der Waals surface area contributed by atoms with Gasteiger partial charge in [-0.25, -0.2) is 20.8 Å². The predicted molar refractivity (Wildman–Crippen MR) is 77.8 cm³/mol. The Balaban J connectivity index is 2.31. The molecule has 0 amide bonds. The van der Waals surface area contributed by atoms with Gasteiger partial charge in [-0.1, -0.05) is 24.9 Å². The van der Waals surface area contributed by atoms with Crippen molar-refractivity contribution < 1.29 is 0 Å². The number of nitrogens with one attached hydrogen (secondary N) is 2. The topological polar surface area (TPSA) is 110 Å². The third-order valence-electron chi connectivity index (χ3n) is 2.31. The van der Waals surface area contributed by atoms with E-state index in [-0.39, 0.29) is 11.5 Å². The van der Waals surface area contributed by atoms with Gasteiger partial charge in [-0.05, 0) is 18.2 Å². The first-order chi connectivity index (χ1) is 9.62. The number of nitrogens with zero attached hydrogens (tertiary/aromatic N) is 3. The molecule has 20 heavy (non-hydrogen) atoms. The average Bonchev–Trinajstić information content (AvgIpc) is 2.41. The van der Waals surface area contributed by atoms with E-state index in [1.807, 2.05) is 6.92 Å². The first kappa shape index (κ1) is 14.8. The number of aryl methyl sites for hydroxylation is 1. The Morgan fingerprint density at radius 3 is 3.00 bits per heavy atom. The van der Waals surface area contributed by atoms with Gasteiger partial charge in [0, 0.05) is 11.8 Å². The van der Waals surface area contributed by atoms with E-state index in [4.69, 9.17) is 17.4 Å². The van der Waals surface area contributed by atoms with Crippen LogP contribution in [0.1, 0.15) is 19.0 Å². The highest BCUT2D eigenvalue weighted by atomic mass is 35.5. The van der Waals surface area contributed by atoms with Crippen LogP contribution in [0.4, 0.5) is 5.95 Å². The Bertz CT molecular complexity index is 662. The molecular formula is C11H13ClN6OS. The summed E-state index contributed by atoms with van der Waals surface area (Å²) in [6.45, 7) is 2.02. The van der Waals surface area contributed by atoms with Gasteiger partial charge in [0.15, 0.2) is 5.16 Å². The van der Waals surface area contributed by atoms with E-state index >= 15 is 0 Å². The maximum atomic E-state index is 11.6. The maximum Gasteiger partial charge on any atom is 0.251 e. The number of H-pyrrole nitrogens is 1. The van der Waals surface area contributed by atoms with Gasteiger partial charge in [0.25, 0.3) is 5.56 Å². The van der Waals surface area contributed by atoms with Crippen LogP contribution in [0.2, 0.25) is 5.02 Å². The summed E-state index contributed by atoms with van der Waals surface area (Å²) in [5.41, 5.74) is 2.87. The number of aromatic nitrogens is 4. The van der Waals surface area contributed by atoms with Crippen molar-refractivity contribution in [1.82, 2.24) is 19.9 Å². The van der Waals surface area contributed by atoms with E-state index in [1.54, 1.807) is 0 Å². The molecule has 0 radical (unpaired) electrons. The number of anilines is 1. The minimum atomic E-state index is -0.201. The summed E-state index contributed by atoms with van der Waals surface area (Å²) in [6, 6.07) is 1.49. The second kappa shape index (κ2) is 6.69. The Labute approximate surface area is 124 Å². The molecule has 2 rings (SSSR count). The number of aromatic amines is 1. The van der Waals surface area contributed by atoms with E-state index in [0.29, 0.717) is 15.2 Å². The second-order valence-corrected chi connectivity index (χ2v) is 5.27. The number of halogens is 1. The maximum absolute atomic E-state index is 11.6. The predicted octanol–water partition coefficient (Wildman–Crippen LogP) is 1.60. The zero-order valence-corrected chi connectivity index (χ0v) is 12.3. The summed E-state index contributed by atoms with van der Waals surface area (Å²) < 4.78 is 0. The average molecular weight is 313 g/mol. The molecule has 0 unspecified atom stereocenters. The molecule has 2 heterocycles.